The maximum atomic E-state index is 12.4. The Balaban J connectivity index is 1.65. The molecule has 0 spiro atoms. The lowest BCUT2D eigenvalue weighted by atomic mass is 9.99. The molecule has 0 amide bonds. The number of rotatable bonds is 3. The first kappa shape index (κ1) is 15.5. The molecule has 3 aromatic rings. The number of benzene rings is 1. The Kier molecular flexibility index (Phi) is 4.04. The van der Waals surface area contributed by atoms with Crippen LogP contribution in [0, 0.1) is 17.2 Å². The molecule has 0 radical (unpaired) electrons. The number of nitrogens with one attached hydrogen (secondary N) is 1. The zero-order chi connectivity index (χ0) is 17.2. The second-order valence-corrected chi connectivity index (χ2v) is 6.32. The minimum atomic E-state index is -0.172. The molecule has 25 heavy (non-hydrogen) atoms. The first-order chi connectivity index (χ1) is 12.2. The van der Waals surface area contributed by atoms with Crippen molar-refractivity contribution in [3.05, 3.63) is 52.7 Å². The predicted molar refractivity (Wildman–Crippen MR) is 93.1 cm³/mol. The van der Waals surface area contributed by atoms with E-state index in [-0.39, 0.29) is 11.5 Å². The fourth-order valence-corrected chi connectivity index (χ4v) is 3.23. The molecule has 1 saturated heterocycles. The summed E-state index contributed by atoms with van der Waals surface area (Å²) < 4.78 is 1.69. The van der Waals surface area contributed by atoms with Crippen LogP contribution in [-0.2, 0) is 6.54 Å². The molecule has 0 saturated carbocycles. The first-order valence-corrected chi connectivity index (χ1v) is 8.39. The van der Waals surface area contributed by atoms with Gasteiger partial charge in [0.1, 0.15) is 11.2 Å². The van der Waals surface area contributed by atoms with Crippen LogP contribution >= 0.6 is 0 Å². The lowest BCUT2D eigenvalue weighted by molar-refractivity contribution is 0.194. The van der Waals surface area contributed by atoms with E-state index >= 15 is 0 Å². The van der Waals surface area contributed by atoms with Gasteiger partial charge in [0.15, 0.2) is 5.65 Å². The Morgan fingerprint density at radius 2 is 2.00 bits per heavy atom. The topological polar surface area (TPSA) is 90.6 Å². The van der Waals surface area contributed by atoms with Crippen LogP contribution in [0.4, 0.5) is 0 Å². The molecule has 0 unspecified atom stereocenters. The minimum Gasteiger partial charge on any atom is -0.309 e. The Hall–Kier alpha value is -2.98. The molecular formula is C18H18N6O. The molecule has 1 aliphatic heterocycles. The molecule has 126 valence electrons. The highest BCUT2D eigenvalue weighted by atomic mass is 16.1. The fourth-order valence-electron chi connectivity index (χ4n) is 3.23. The normalized spacial score (nSPS) is 16.1. The van der Waals surface area contributed by atoms with Crippen molar-refractivity contribution in [2.24, 2.45) is 5.92 Å². The van der Waals surface area contributed by atoms with E-state index in [1.807, 2.05) is 30.3 Å². The Morgan fingerprint density at radius 3 is 2.72 bits per heavy atom. The second kappa shape index (κ2) is 6.49. The quantitative estimate of drug-likeness (QED) is 0.789. The summed E-state index contributed by atoms with van der Waals surface area (Å²) in [6, 6.07) is 12.0. The van der Waals surface area contributed by atoms with E-state index in [1.165, 1.54) is 0 Å². The van der Waals surface area contributed by atoms with E-state index in [9.17, 15) is 4.79 Å². The number of hydrogen-bond donors (Lipinski definition) is 1. The third-order valence-corrected chi connectivity index (χ3v) is 4.63. The second-order valence-electron chi connectivity index (χ2n) is 6.32. The van der Waals surface area contributed by atoms with Crippen molar-refractivity contribution in [3.63, 3.8) is 0 Å². The van der Waals surface area contributed by atoms with E-state index in [0.717, 1.165) is 31.6 Å². The average molecular weight is 334 g/mol. The number of aromatic amines is 1. The number of piperidine rings is 1. The number of para-hydroxylation sites is 1. The van der Waals surface area contributed by atoms with Crippen molar-refractivity contribution in [1.82, 2.24) is 24.6 Å². The first-order valence-electron chi connectivity index (χ1n) is 8.39. The van der Waals surface area contributed by atoms with Gasteiger partial charge in [-0.3, -0.25) is 9.69 Å². The van der Waals surface area contributed by atoms with Gasteiger partial charge in [-0.15, -0.1) is 0 Å². The number of hydrogen-bond acceptors (Lipinski definition) is 5. The largest absolute Gasteiger partial charge is 0.309 e. The number of aromatic nitrogens is 4. The number of fused-ring (bicyclic) bond motifs is 1. The standard InChI is InChI=1S/C18H18N6O/c19-10-13-6-8-23(9-7-13)12-16-21-17-15(18(25)22-16)11-20-24(17)14-4-2-1-3-5-14/h1-5,11,13H,6-9,12H2,(H,21,22,25). The van der Waals surface area contributed by atoms with Crippen LogP contribution in [0.1, 0.15) is 18.7 Å². The van der Waals surface area contributed by atoms with Crippen LogP contribution in [0.15, 0.2) is 41.3 Å². The van der Waals surface area contributed by atoms with Crippen LogP contribution in [0.5, 0.6) is 0 Å². The number of nitriles is 1. The van der Waals surface area contributed by atoms with Gasteiger partial charge in [0.25, 0.3) is 5.56 Å². The molecule has 3 heterocycles. The maximum absolute atomic E-state index is 12.4. The van der Waals surface area contributed by atoms with Crippen molar-refractivity contribution < 1.29 is 0 Å². The number of likely N-dealkylation sites (tertiary alicyclic amines) is 1. The van der Waals surface area contributed by atoms with Crippen molar-refractivity contribution >= 4 is 11.0 Å². The molecule has 1 fully saturated rings. The van der Waals surface area contributed by atoms with Crippen molar-refractivity contribution in [2.45, 2.75) is 19.4 Å². The van der Waals surface area contributed by atoms with E-state index in [1.54, 1.807) is 10.9 Å². The van der Waals surface area contributed by atoms with Gasteiger partial charge in [0.05, 0.1) is 24.5 Å². The van der Waals surface area contributed by atoms with Gasteiger partial charge in [-0.05, 0) is 38.1 Å². The zero-order valence-corrected chi connectivity index (χ0v) is 13.7. The molecule has 1 N–H and O–H groups in total. The van der Waals surface area contributed by atoms with Gasteiger partial charge >= 0.3 is 0 Å². The minimum absolute atomic E-state index is 0.144. The molecule has 2 aromatic heterocycles. The highest BCUT2D eigenvalue weighted by molar-refractivity contribution is 5.75. The van der Waals surface area contributed by atoms with Gasteiger partial charge in [0, 0.05) is 5.92 Å². The monoisotopic (exact) mass is 334 g/mol. The summed E-state index contributed by atoms with van der Waals surface area (Å²) in [6.45, 7) is 2.26. The Morgan fingerprint density at radius 1 is 1.24 bits per heavy atom. The van der Waals surface area contributed by atoms with Gasteiger partial charge < -0.3 is 4.98 Å². The lowest BCUT2D eigenvalue weighted by Gasteiger charge is -2.28. The smallest absolute Gasteiger partial charge is 0.262 e. The highest BCUT2D eigenvalue weighted by Gasteiger charge is 2.20. The summed E-state index contributed by atoms with van der Waals surface area (Å²) in [5.74, 6) is 0.774. The summed E-state index contributed by atoms with van der Waals surface area (Å²) in [6.07, 6.45) is 3.28. The molecule has 7 heteroatoms. The third-order valence-electron chi connectivity index (χ3n) is 4.63. The Labute approximate surface area is 144 Å². The van der Waals surface area contributed by atoms with Crippen molar-refractivity contribution in [2.75, 3.05) is 13.1 Å². The number of H-pyrrole nitrogens is 1. The SMILES string of the molecule is N#CC1CCN(Cc2nc3c(cnn3-c3ccccc3)c(=O)[nH]2)CC1. The molecule has 4 rings (SSSR count). The molecule has 1 aromatic carbocycles. The summed E-state index contributed by atoms with van der Waals surface area (Å²) in [7, 11) is 0. The van der Waals surface area contributed by atoms with Crippen molar-refractivity contribution in [1.29, 1.82) is 5.26 Å². The van der Waals surface area contributed by atoms with Gasteiger partial charge in [-0.1, -0.05) is 18.2 Å². The predicted octanol–water partition coefficient (Wildman–Crippen LogP) is 1.84. The molecule has 0 bridgehead atoms. The van der Waals surface area contributed by atoms with Gasteiger partial charge in [0.2, 0.25) is 0 Å². The summed E-state index contributed by atoms with van der Waals surface area (Å²) in [4.78, 5) is 22.1. The van der Waals surface area contributed by atoms with Crippen molar-refractivity contribution in [3.8, 4) is 11.8 Å². The summed E-state index contributed by atoms with van der Waals surface area (Å²) in [5, 5.41) is 13.8. The summed E-state index contributed by atoms with van der Waals surface area (Å²) >= 11 is 0. The van der Waals surface area contributed by atoms with Crippen LogP contribution in [0.2, 0.25) is 0 Å². The maximum Gasteiger partial charge on any atom is 0.262 e. The molecule has 0 aliphatic carbocycles. The molecule has 0 atom stereocenters. The van der Waals surface area contributed by atoms with E-state index in [2.05, 4.69) is 26.0 Å². The summed E-state index contributed by atoms with van der Waals surface area (Å²) in [5.41, 5.74) is 1.27. The van der Waals surface area contributed by atoms with Crippen LogP contribution in [-0.4, -0.2) is 37.7 Å². The fraction of sp³-hybridized carbons (Fsp3) is 0.333. The van der Waals surface area contributed by atoms with Crippen LogP contribution < -0.4 is 5.56 Å². The lowest BCUT2D eigenvalue weighted by Crippen LogP contribution is -2.34. The van der Waals surface area contributed by atoms with Gasteiger partial charge in [-0.2, -0.15) is 10.4 Å². The van der Waals surface area contributed by atoms with Crippen LogP contribution in [0.3, 0.4) is 0 Å². The van der Waals surface area contributed by atoms with E-state index < -0.39 is 0 Å². The highest BCUT2D eigenvalue weighted by Crippen LogP contribution is 2.18. The average Bonchev–Trinajstić information content (AvgIpc) is 3.07. The molecular weight excluding hydrogens is 316 g/mol. The van der Waals surface area contributed by atoms with Gasteiger partial charge in [-0.25, -0.2) is 9.67 Å². The van der Waals surface area contributed by atoms with Crippen LogP contribution in [0.25, 0.3) is 16.7 Å². The van der Waals surface area contributed by atoms with E-state index in [0.29, 0.717) is 23.4 Å². The zero-order valence-electron chi connectivity index (χ0n) is 13.7. The third kappa shape index (κ3) is 3.04. The molecule has 7 nitrogen and oxygen atoms in total. The number of nitrogens with zero attached hydrogens (tertiary/aromatic N) is 5. The Bertz CT molecular complexity index is 976. The van der Waals surface area contributed by atoms with E-state index in [4.69, 9.17) is 5.26 Å². The molecule has 1 aliphatic rings.